The first-order chi connectivity index (χ1) is 16.0. The molecule has 1 heterocycles. The smallest absolute Gasteiger partial charge is 0.332 e. The molecule has 0 saturated carbocycles. The molecule has 3 aromatic carbocycles. The van der Waals surface area contributed by atoms with Crippen LogP contribution in [0.2, 0.25) is 5.02 Å². The average Bonchev–Trinajstić information content (AvgIpc) is 3.06. The van der Waals surface area contributed by atoms with Crippen molar-refractivity contribution >= 4 is 35.2 Å². The Morgan fingerprint density at radius 3 is 2.12 bits per heavy atom. The van der Waals surface area contributed by atoms with E-state index in [-0.39, 0.29) is 6.61 Å². The van der Waals surface area contributed by atoms with Crippen molar-refractivity contribution in [2.45, 2.75) is 13.0 Å². The summed E-state index contributed by atoms with van der Waals surface area (Å²) < 4.78 is 10.7. The van der Waals surface area contributed by atoms with Crippen molar-refractivity contribution < 1.29 is 23.9 Å². The lowest BCUT2D eigenvalue weighted by atomic mass is 10.1. The Hall–Kier alpha value is -3.84. The number of amides is 3. The number of esters is 1. The Labute approximate surface area is 196 Å². The highest BCUT2D eigenvalue weighted by Crippen LogP contribution is 2.36. The third-order valence-corrected chi connectivity index (χ3v) is 5.32. The second kappa shape index (κ2) is 9.75. The van der Waals surface area contributed by atoms with Crippen molar-refractivity contribution in [2.75, 3.05) is 18.1 Å². The van der Waals surface area contributed by atoms with E-state index in [4.69, 9.17) is 21.1 Å². The van der Waals surface area contributed by atoms with Crippen molar-refractivity contribution in [3.63, 3.8) is 0 Å². The first-order valence-corrected chi connectivity index (χ1v) is 10.7. The lowest BCUT2D eigenvalue weighted by Gasteiger charge is -2.22. The Bertz CT molecular complexity index is 1150. The topological polar surface area (TPSA) is 76.2 Å². The maximum atomic E-state index is 13.2. The van der Waals surface area contributed by atoms with Crippen LogP contribution in [0.15, 0.2) is 78.9 Å². The maximum absolute atomic E-state index is 13.2. The van der Waals surface area contributed by atoms with Crippen LogP contribution in [0.1, 0.15) is 18.5 Å². The number of carbonyl (C=O) groups excluding carboxylic acids is 3. The number of halogens is 1. The first kappa shape index (κ1) is 22.4. The van der Waals surface area contributed by atoms with Crippen molar-refractivity contribution in [1.29, 1.82) is 0 Å². The number of rotatable bonds is 7. The Morgan fingerprint density at radius 1 is 0.909 bits per heavy atom. The van der Waals surface area contributed by atoms with Crippen molar-refractivity contribution in [1.82, 2.24) is 4.90 Å². The second-order valence-electron chi connectivity index (χ2n) is 7.25. The van der Waals surface area contributed by atoms with Crippen LogP contribution in [0.5, 0.6) is 11.5 Å². The molecule has 0 aliphatic carbocycles. The SMILES string of the molecule is CCOC(=O)CN1C(=O)[C@H](c2ccccc2)N(c2ccc(Oc3ccc(Cl)cc3)cc2)C1=O. The van der Waals surface area contributed by atoms with Crippen LogP contribution in [-0.4, -0.2) is 36.0 Å². The van der Waals surface area contributed by atoms with Gasteiger partial charge in [-0.2, -0.15) is 0 Å². The number of urea groups is 1. The molecule has 1 fully saturated rings. The van der Waals surface area contributed by atoms with Crippen molar-refractivity contribution in [3.8, 4) is 11.5 Å². The zero-order valence-corrected chi connectivity index (χ0v) is 18.6. The molecule has 1 atom stereocenters. The molecule has 0 N–H and O–H groups in total. The highest BCUT2D eigenvalue weighted by molar-refractivity contribution is 6.30. The summed E-state index contributed by atoms with van der Waals surface area (Å²) in [5.74, 6) is 0.0429. The van der Waals surface area contributed by atoms with E-state index in [2.05, 4.69) is 0 Å². The van der Waals surface area contributed by atoms with Gasteiger partial charge in [-0.25, -0.2) is 4.79 Å². The monoisotopic (exact) mass is 464 g/mol. The van der Waals surface area contributed by atoms with Gasteiger partial charge in [0.2, 0.25) is 0 Å². The predicted octanol–water partition coefficient (Wildman–Crippen LogP) is 5.21. The van der Waals surface area contributed by atoms with Gasteiger partial charge in [0.15, 0.2) is 0 Å². The zero-order chi connectivity index (χ0) is 23.4. The lowest BCUT2D eigenvalue weighted by molar-refractivity contribution is -0.146. The highest BCUT2D eigenvalue weighted by atomic mass is 35.5. The molecule has 33 heavy (non-hydrogen) atoms. The molecule has 3 aromatic rings. The first-order valence-electron chi connectivity index (χ1n) is 10.4. The number of nitrogens with zero attached hydrogens (tertiary/aromatic N) is 2. The van der Waals surface area contributed by atoms with Gasteiger partial charge >= 0.3 is 12.0 Å². The van der Waals surface area contributed by atoms with Crippen molar-refractivity contribution in [3.05, 3.63) is 89.4 Å². The van der Waals surface area contributed by atoms with Crippen LogP contribution in [0, 0.1) is 0 Å². The molecule has 1 aliphatic heterocycles. The largest absolute Gasteiger partial charge is 0.465 e. The van der Waals surface area contributed by atoms with Crippen LogP contribution in [0.4, 0.5) is 10.5 Å². The molecule has 0 radical (unpaired) electrons. The predicted molar refractivity (Wildman–Crippen MR) is 123 cm³/mol. The summed E-state index contributed by atoms with van der Waals surface area (Å²) in [6.07, 6.45) is 0. The van der Waals surface area contributed by atoms with Gasteiger partial charge in [0, 0.05) is 10.7 Å². The molecule has 0 aromatic heterocycles. The minimum atomic E-state index is -0.892. The second-order valence-corrected chi connectivity index (χ2v) is 7.68. The number of ether oxygens (including phenoxy) is 2. The quantitative estimate of drug-likeness (QED) is 0.354. The average molecular weight is 465 g/mol. The summed E-state index contributed by atoms with van der Waals surface area (Å²) in [6, 6.07) is 21.2. The zero-order valence-electron chi connectivity index (χ0n) is 17.8. The Kier molecular flexibility index (Phi) is 6.60. The van der Waals surface area contributed by atoms with Gasteiger partial charge < -0.3 is 9.47 Å². The van der Waals surface area contributed by atoms with Crippen LogP contribution >= 0.6 is 11.6 Å². The number of hydrogen-bond acceptors (Lipinski definition) is 5. The van der Waals surface area contributed by atoms with E-state index in [0.717, 1.165) is 4.90 Å². The van der Waals surface area contributed by atoms with Crippen LogP contribution in [0.25, 0.3) is 0 Å². The summed E-state index contributed by atoms with van der Waals surface area (Å²) in [5, 5.41) is 0.606. The fourth-order valence-electron chi connectivity index (χ4n) is 3.57. The van der Waals surface area contributed by atoms with Crippen LogP contribution < -0.4 is 9.64 Å². The summed E-state index contributed by atoms with van der Waals surface area (Å²) in [6.45, 7) is 1.39. The van der Waals surface area contributed by atoms with Crippen LogP contribution in [-0.2, 0) is 14.3 Å². The molecule has 3 amide bonds. The highest BCUT2D eigenvalue weighted by Gasteiger charge is 2.47. The third-order valence-electron chi connectivity index (χ3n) is 5.07. The normalized spacial score (nSPS) is 15.6. The van der Waals surface area contributed by atoms with Crippen molar-refractivity contribution in [2.24, 2.45) is 0 Å². The maximum Gasteiger partial charge on any atom is 0.332 e. The van der Waals surface area contributed by atoms with Gasteiger partial charge in [0.1, 0.15) is 24.1 Å². The van der Waals surface area contributed by atoms with E-state index in [1.54, 1.807) is 79.7 Å². The van der Waals surface area contributed by atoms with Gasteiger partial charge in [0.05, 0.1) is 6.61 Å². The van der Waals surface area contributed by atoms with Crippen LogP contribution in [0.3, 0.4) is 0 Å². The lowest BCUT2D eigenvalue weighted by Crippen LogP contribution is -2.37. The molecule has 0 spiro atoms. The fourth-order valence-corrected chi connectivity index (χ4v) is 3.70. The van der Waals surface area contributed by atoms with E-state index in [1.807, 2.05) is 6.07 Å². The third kappa shape index (κ3) is 4.83. The summed E-state index contributed by atoms with van der Waals surface area (Å²) in [4.78, 5) is 40.7. The van der Waals surface area contributed by atoms with Gasteiger partial charge in [-0.05, 0) is 61.0 Å². The Balaban J connectivity index is 1.62. The van der Waals surface area contributed by atoms with E-state index < -0.39 is 30.5 Å². The van der Waals surface area contributed by atoms with Gasteiger partial charge in [-0.3, -0.25) is 19.4 Å². The standard InChI is InChI=1S/C25H21ClN2O5/c1-2-32-22(29)16-27-24(30)23(17-6-4-3-5-7-17)28(25(27)31)19-10-14-21(15-11-19)33-20-12-8-18(26)9-13-20/h3-15,23H,2,16H2,1H3/t23-/m0/s1. The summed E-state index contributed by atoms with van der Waals surface area (Å²) >= 11 is 5.91. The molecule has 7 nitrogen and oxygen atoms in total. The number of hydrogen-bond donors (Lipinski definition) is 0. The van der Waals surface area contributed by atoms with Gasteiger partial charge in [-0.15, -0.1) is 0 Å². The molecule has 4 rings (SSSR count). The minimum Gasteiger partial charge on any atom is -0.465 e. The molecule has 8 heteroatoms. The number of imide groups is 1. The fraction of sp³-hybridized carbons (Fsp3) is 0.160. The number of benzene rings is 3. The van der Waals surface area contributed by atoms with Gasteiger partial charge in [0.25, 0.3) is 5.91 Å². The minimum absolute atomic E-state index is 0.163. The Morgan fingerprint density at radius 2 is 1.52 bits per heavy atom. The molecule has 0 bridgehead atoms. The van der Waals surface area contributed by atoms with E-state index >= 15 is 0 Å². The molecular formula is C25H21ClN2O5. The van der Waals surface area contributed by atoms with E-state index in [1.165, 1.54) is 4.90 Å². The number of carbonyl (C=O) groups is 3. The molecular weight excluding hydrogens is 444 g/mol. The summed E-state index contributed by atoms with van der Waals surface area (Å²) in [7, 11) is 0. The molecule has 1 saturated heterocycles. The van der Waals surface area contributed by atoms with E-state index in [0.29, 0.717) is 27.8 Å². The number of anilines is 1. The molecule has 1 aliphatic rings. The van der Waals surface area contributed by atoms with E-state index in [9.17, 15) is 14.4 Å². The molecule has 0 unspecified atom stereocenters. The summed E-state index contributed by atoms with van der Waals surface area (Å²) in [5.41, 5.74) is 1.14. The van der Waals surface area contributed by atoms with Gasteiger partial charge in [-0.1, -0.05) is 41.9 Å². The molecule has 168 valence electrons.